The summed E-state index contributed by atoms with van der Waals surface area (Å²) < 4.78 is 11.2. The molecule has 28 heavy (non-hydrogen) atoms. The summed E-state index contributed by atoms with van der Waals surface area (Å²) in [5.41, 5.74) is 1.56. The minimum absolute atomic E-state index is 0.172. The maximum absolute atomic E-state index is 13.2. The van der Waals surface area contributed by atoms with Crippen LogP contribution in [0, 0.1) is 0 Å². The Kier molecular flexibility index (Phi) is 5.07. The van der Waals surface area contributed by atoms with Crippen molar-refractivity contribution in [1.82, 2.24) is 0 Å². The van der Waals surface area contributed by atoms with Crippen molar-refractivity contribution in [3.8, 4) is 11.5 Å². The number of rotatable bonds is 4. The molecule has 0 N–H and O–H groups in total. The molecule has 0 aromatic heterocycles. The van der Waals surface area contributed by atoms with E-state index in [0.29, 0.717) is 26.4 Å². The first-order valence-electron chi connectivity index (χ1n) is 8.60. The van der Waals surface area contributed by atoms with Crippen molar-refractivity contribution in [1.29, 1.82) is 0 Å². The minimum Gasteiger partial charge on any atom is -0.497 e. The Morgan fingerprint density at radius 1 is 1.00 bits per heavy atom. The first kappa shape index (κ1) is 18.5. The summed E-state index contributed by atoms with van der Waals surface area (Å²) in [6.45, 7) is 0. The van der Waals surface area contributed by atoms with E-state index in [1.807, 2.05) is 36.4 Å². The van der Waals surface area contributed by atoms with Crippen LogP contribution in [0.3, 0.4) is 0 Å². The van der Waals surface area contributed by atoms with Crippen LogP contribution >= 0.6 is 24.0 Å². The van der Waals surface area contributed by atoms with Crippen LogP contribution in [0.15, 0.2) is 65.6 Å². The number of anilines is 1. The number of carbonyl (C=O) groups is 1. The lowest BCUT2D eigenvalue weighted by molar-refractivity contribution is -0.113. The zero-order valence-corrected chi connectivity index (χ0v) is 17.0. The van der Waals surface area contributed by atoms with E-state index in [2.05, 4.69) is 12.1 Å². The van der Waals surface area contributed by atoms with Crippen LogP contribution in [-0.2, 0) is 4.79 Å². The second-order valence-corrected chi connectivity index (χ2v) is 7.80. The third-order valence-corrected chi connectivity index (χ3v) is 5.83. The van der Waals surface area contributed by atoms with Crippen molar-refractivity contribution < 1.29 is 14.3 Å². The largest absolute Gasteiger partial charge is 0.497 e. The number of fused-ring (bicyclic) bond motifs is 1. The maximum Gasteiger partial charge on any atom is 0.270 e. The van der Waals surface area contributed by atoms with Gasteiger partial charge in [0.05, 0.1) is 24.8 Å². The third kappa shape index (κ3) is 3.25. The summed E-state index contributed by atoms with van der Waals surface area (Å²) in [6.07, 6.45) is 1.90. The molecule has 0 saturated carbocycles. The van der Waals surface area contributed by atoms with Crippen LogP contribution in [0.4, 0.5) is 5.69 Å². The molecule has 1 amide bonds. The Morgan fingerprint density at radius 2 is 1.79 bits per heavy atom. The van der Waals surface area contributed by atoms with E-state index < -0.39 is 0 Å². The number of methoxy groups -OCH3 is 2. The van der Waals surface area contributed by atoms with Gasteiger partial charge in [-0.1, -0.05) is 66.4 Å². The van der Waals surface area contributed by atoms with Gasteiger partial charge in [-0.2, -0.15) is 0 Å². The first-order chi connectivity index (χ1) is 13.6. The summed E-state index contributed by atoms with van der Waals surface area (Å²) in [4.78, 5) is 15.3. The van der Waals surface area contributed by atoms with Crippen LogP contribution in [0.1, 0.15) is 5.56 Å². The SMILES string of the molecule is COc1ccc(OC)c(N2C(=O)/C(=C/c3cccc4ccccc34)SC2=S)c1. The Morgan fingerprint density at radius 3 is 2.57 bits per heavy atom. The first-order valence-corrected chi connectivity index (χ1v) is 9.82. The molecule has 1 heterocycles. The van der Waals surface area contributed by atoms with Crippen LogP contribution in [0.25, 0.3) is 16.8 Å². The van der Waals surface area contributed by atoms with E-state index in [1.54, 1.807) is 32.4 Å². The molecule has 0 unspecified atom stereocenters. The standard InChI is InChI=1S/C22H17NO3S2/c1-25-16-10-11-19(26-2)18(13-16)23-21(24)20(28-22(23)27)12-15-8-5-7-14-6-3-4-9-17(14)15/h3-13H,1-2H3/b20-12-. The molecule has 0 spiro atoms. The highest BCUT2D eigenvalue weighted by Gasteiger charge is 2.35. The van der Waals surface area contributed by atoms with Crippen molar-refractivity contribution in [2.45, 2.75) is 0 Å². The molecule has 1 aliphatic rings. The van der Waals surface area contributed by atoms with E-state index in [4.69, 9.17) is 21.7 Å². The van der Waals surface area contributed by atoms with Gasteiger partial charge in [-0.05, 0) is 34.5 Å². The number of hydrogen-bond donors (Lipinski definition) is 0. The fourth-order valence-corrected chi connectivity index (χ4v) is 4.44. The lowest BCUT2D eigenvalue weighted by Crippen LogP contribution is -2.28. The second kappa shape index (κ2) is 7.66. The van der Waals surface area contributed by atoms with Crippen LogP contribution in [-0.4, -0.2) is 24.4 Å². The molecule has 4 nitrogen and oxygen atoms in total. The maximum atomic E-state index is 13.2. The van der Waals surface area contributed by atoms with E-state index in [9.17, 15) is 4.79 Å². The molecule has 4 rings (SSSR count). The summed E-state index contributed by atoms with van der Waals surface area (Å²) in [5, 5.41) is 2.22. The van der Waals surface area contributed by atoms with Gasteiger partial charge < -0.3 is 9.47 Å². The number of nitrogens with zero attached hydrogens (tertiary/aromatic N) is 1. The predicted octanol–water partition coefficient (Wildman–Crippen LogP) is 5.26. The lowest BCUT2D eigenvalue weighted by Gasteiger charge is -2.18. The van der Waals surface area contributed by atoms with Crippen molar-refractivity contribution >= 4 is 56.7 Å². The number of thioether (sulfide) groups is 1. The van der Waals surface area contributed by atoms with Crippen LogP contribution < -0.4 is 14.4 Å². The van der Waals surface area contributed by atoms with Gasteiger partial charge in [0.1, 0.15) is 11.5 Å². The van der Waals surface area contributed by atoms with Gasteiger partial charge in [-0.25, -0.2) is 0 Å². The van der Waals surface area contributed by atoms with Gasteiger partial charge in [0.25, 0.3) is 5.91 Å². The molecule has 1 fully saturated rings. The van der Waals surface area contributed by atoms with Gasteiger partial charge in [-0.15, -0.1) is 0 Å². The van der Waals surface area contributed by atoms with E-state index in [0.717, 1.165) is 16.3 Å². The number of carbonyl (C=O) groups excluding carboxylic acids is 1. The van der Waals surface area contributed by atoms with Gasteiger partial charge in [-0.3, -0.25) is 9.69 Å². The molecule has 0 aliphatic carbocycles. The van der Waals surface area contributed by atoms with Crippen molar-refractivity contribution in [2.24, 2.45) is 0 Å². The zero-order valence-electron chi connectivity index (χ0n) is 15.3. The predicted molar refractivity (Wildman–Crippen MR) is 119 cm³/mol. The monoisotopic (exact) mass is 407 g/mol. The molecular formula is C22H17NO3S2. The van der Waals surface area contributed by atoms with Gasteiger partial charge in [0, 0.05) is 6.07 Å². The van der Waals surface area contributed by atoms with Gasteiger partial charge in [0.2, 0.25) is 0 Å². The Bertz CT molecular complexity index is 1120. The molecule has 3 aromatic carbocycles. The molecule has 1 aliphatic heterocycles. The molecule has 1 saturated heterocycles. The van der Waals surface area contributed by atoms with Crippen LogP contribution in [0.5, 0.6) is 11.5 Å². The fourth-order valence-electron chi connectivity index (χ4n) is 3.16. The second-order valence-electron chi connectivity index (χ2n) is 6.12. The summed E-state index contributed by atoms with van der Waals surface area (Å²) in [5.74, 6) is 1.01. The highest BCUT2D eigenvalue weighted by molar-refractivity contribution is 8.27. The van der Waals surface area contributed by atoms with Crippen molar-refractivity contribution in [2.75, 3.05) is 19.1 Å². The number of thiocarbonyl (C=S) groups is 1. The molecule has 6 heteroatoms. The molecule has 0 radical (unpaired) electrons. The Labute approximate surface area is 172 Å². The number of benzene rings is 3. The number of amides is 1. The van der Waals surface area contributed by atoms with Gasteiger partial charge in [0.15, 0.2) is 4.32 Å². The Hall–Kier alpha value is -2.83. The summed E-state index contributed by atoms with van der Waals surface area (Å²) in [7, 11) is 3.14. The Balaban J connectivity index is 1.77. The van der Waals surface area contributed by atoms with E-state index in [1.165, 1.54) is 16.7 Å². The van der Waals surface area contributed by atoms with Crippen LogP contribution in [0.2, 0.25) is 0 Å². The number of ether oxygens (including phenoxy) is 2. The fraction of sp³-hybridized carbons (Fsp3) is 0.0909. The summed E-state index contributed by atoms with van der Waals surface area (Å²) in [6, 6.07) is 19.4. The van der Waals surface area contributed by atoms with E-state index >= 15 is 0 Å². The lowest BCUT2D eigenvalue weighted by atomic mass is 10.0. The average molecular weight is 408 g/mol. The van der Waals surface area contributed by atoms with Crippen molar-refractivity contribution in [3.63, 3.8) is 0 Å². The average Bonchev–Trinajstić information content (AvgIpc) is 3.00. The number of hydrogen-bond acceptors (Lipinski definition) is 5. The highest BCUT2D eigenvalue weighted by Crippen LogP contribution is 2.41. The summed E-state index contributed by atoms with van der Waals surface area (Å²) >= 11 is 6.79. The normalized spacial score (nSPS) is 15.5. The molecular weight excluding hydrogens is 390 g/mol. The topological polar surface area (TPSA) is 38.8 Å². The molecule has 0 atom stereocenters. The highest BCUT2D eigenvalue weighted by atomic mass is 32.2. The zero-order chi connectivity index (χ0) is 19.7. The quantitative estimate of drug-likeness (QED) is 0.436. The molecule has 140 valence electrons. The van der Waals surface area contributed by atoms with E-state index in [-0.39, 0.29) is 5.91 Å². The molecule has 3 aromatic rings. The third-order valence-electron chi connectivity index (χ3n) is 4.53. The van der Waals surface area contributed by atoms with Crippen molar-refractivity contribution in [3.05, 3.63) is 71.1 Å². The minimum atomic E-state index is -0.172. The molecule has 0 bridgehead atoms. The smallest absolute Gasteiger partial charge is 0.270 e. The van der Waals surface area contributed by atoms with Gasteiger partial charge >= 0.3 is 0 Å².